The summed E-state index contributed by atoms with van der Waals surface area (Å²) in [7, 11) is 0. The molecule has 0 saturated carbocycles. The van der Waals surface area contributed by atoms with Gasteiger partial charge in [0, 0.05) is 50.6 Å². The average molecular weight is 451 g/mol. The van der Waals surface area contributed by atoms with Gasteiger partial charge in [-0.15, -0.1) is 0 Å². The van der Waals surface area contributed by atoms with Crippen LogP contribution in [-0.2, 0) is 0 Å². The highest BCUT2D eigenvalue weighted by Crippen LogP contribution is 2.26. The number of fused-ring (bicyclic) bond motifs is 1. The molecule has 3 rings (SSSR count). The normalized spacial score (nSPS) is 11.6. The number of carbonyl (C=O) groups is 1. The van der Waals surface area contributed by atoms with E-state index < -0.39 is 0 Å². The lowest BCUT2D eigenvalue weighted by Gasteiger charge is -2.30. The van der Waals surface area contributed by atoms with E-state index in [9.17, 15) is 4.79 Å². The van der Waals surface area contributed by atoms with Gasteiger partial charge in [0.05, 0.1) is 17.2 Å². The Hall–Kier alpha value is -2.77. The molecular formula is C26H38N6O. The van der Waals surface area contributed by atoms with Crippen molar-refractivity contribution in [3.05, 3.63) is 42.7 Å². The van der Waals surface area contributed by atoms with Gasteiger partial charge in [0.25, 0.3) is 0 Å². The fourth-order valence-corrected chi connectivity index (χ4v) is 4.23. The maximum Gasteiger partial charge on any atom is 0.229 e. The van der Waals surface area contributed by atoms with Crippen LogP contribution in [0.2, 0.25) is 0 Å². The first-order valence-corrected chi connectivity index (χ1v) is 12.2. The Labute approximate surface area is 198 Å². The highest BCUT2D eigenvalue weighted by molar-refractivity contribution is 5.93. The first-order chi connectivity index (χ1) is 16.0. The van der Waals surface area contributed by atoms with E-state index >= 15 is 0 Å². The van der Waals surface area contributed by atoms with Crippen molar-refractivity contribution in [1.82, 2.24) is 24.3 Å². The highest BCUT2D eigenvalue weighted by atomic mass is 16.1. The fourth-order valence-electron chi connectivity index (χ4n) is 4.23. The van der Waals surface area contributed by atoms with Crippen LogP contribution in [-0.4, -0.2) is 82.6 Å². The number of imidazole rings is 1. The van der Waals surface area contributed by atoms with Crippen molar-refractivity contribution in [2.75, 3.05) is 57.3 Å². The van der Waals surface area contributed by atoms with E-state index in [1.54, 1.807) is 23.9 Å². The number of hydrogen-bond acceptors (Lipinski definition) is 6. The lowest BCUT2D eigenvalue weighted by atomic mass is 10.1. The minimum Gasteiger partial charge on any atom is -0.369 e. The first kappa shape index (κ1) is 24.9. The summed E-state index contributed by atoms with van der Waals surface area (Å²) in [5.74, 6) is 0.597. The van der Waals surface area contributed by atoms with Gasteiger partial charge in [0.15, 0.2) is 0 Å². The molecule has 0 bridgehead atoms. The zero-order chi connectivity index (χ0) is 23.8. The standard InChI is InChI=1S/C26H38N6O/c1-6-29(7-2)16-18-31(19-17-30(8-3)9-4)23-12-10-22(11-13-23)26-28-24-14-15-27-20-25(24)32(26)21(5)33/h10-15,20H,6-9,16-19H2,1-5H3. The van der Waals surface area contributed by atoms with Gasteiger partial charge in [0.1, 0.15) is 5.82 Å². The van der Waals surface area contributed by atoms with Crippen molar-refractivity contribution < 1.29 is 4.79 Å². The van der Waals surface area contributed by atoms with Crippen LogP contribution in [0.15, 0.2) is 42.7 Å². The summed E-state index contributed by atoms with van der Waals surface area (Å²) >= 11 is 0. The number of nitrogens with zero attached hydrogens (tertiary/aromatic N) is 6. The molecule has 0 aliphatic heterocycles. The third kappa shape index (κ3) is 5.97. The number of pyridine rings is 1. The van der Waals surface area contributed by atoms with E-state index in [1.165, 1.54) is 5.69 Å². The van der Waals surface area contributed by atoms with Crippen LogP contribution in [0.5, 0.6) is 0 Å². The zero-order valence-corrected chi connectivity index (χ0v) is 20.8. The van der Waals surface area contributed by atoms with Crippen molar-refractivity contribution in [1.29, 1.82) is 0 Å². The summed E-state index contributed by atoms with van der Waals surface area (Å²) in [6.07, 6.45) is 3.40. The SMILES string of the molecule is CCN(CC)CCN(CCN(CC)CC)c1ccc(-c2nc3ccncc3n2C(C)=O)cc1. The number of benzene rings is 1. The molecule has 0 aliphatic rings. The maximum atomic E-state index is 12.4. The quantitative estimate of drug-likeness (QED) is 0.411. The topological polar surface area (TPSA) is 57.5 Å². The molecule has 2 aromatic heterocycles. The van der Waals surface area contributed by atoms with E-state index in [-0.39, 0.29) is 5.91 Å². The van der Waals surface area contributed by atoms with Gasteiger partial charge in [-0.25, -0.2) is 4.98 Å². The van der Waals surface area contributed by atoms with Gasteiger partial charge in [-0.3, -0.25) is 14.3 Å². The molecule has 0 atom stereocenters. The van der Waals surface area contributed by atoms with Crippen LogP contribution in [0, 0.1) is 0 Å². The monoisotopic (exact) mass is 450 g/mol. The van der Waals surface area contributed by atoms with E-state index in [1.807, 2.05) is 6.07 Å². The third-order valence-electron chi connectivity index (χ3n) is 6.42. The molecule has 0 spiro atoms. The molecule has 0 radical (unpaired) electrons. The second-order valence-corrected chi connectivity index (χ2v) is 8.24. The number of likely N-dealkylation sites (N-methyl/N-ethyl adjacent to an activating group) is 2. The lowest BCUT2D eigenvalue weighted by molar-refractivity contribution is 0.0943. The smallest absolute Gasteiger partial charge is 0.229 e. The molecular weight excluding hydrogens is 412 g/mol. The number of rotatable bonds is 12. The van der Waals surface area contributed by atoms with E-state index in [0.29, 0.717) is 5.82 Å². The van der Waals surface area contributed by atoms with Crippen molar-refractivity contribution >= 4 is 22.6 Å². The van der Waals surface area contributed by atoms with Crippen molar-refractivity contribution in [2.24, 2.45) is 0 Å². The van der Waals surface area contributed by atoms with Gasteiger partial charge in [-0.1, -0.05) is 27.7 Å². The van der Waals surface area contributed by atoms with Crippen LogP contribution >= 0.6 is 0 Å². The second kappa shape index (κ2) is 11.9. The molecule has 0 aliphatic carbocycles. The summed E-state index contributed by atoms with van der Waals surface area (Å²) in [5, 5.41) is 0. The molecule has 7 nitrogen and oxygen atoms in total. The van der Waals surface area contributed by atoms with Crippen LogP contribution in [0.4, 0.5) is 5.69 Å². The Morgan fingerprint density at radius 2 is 1.42 bits per heavy atom. The molecule has 3 aromatic rings. The second-order valence-electron chi connectivity index (χ2n) is 8.24. The number of aromatic nitrogens is 3. The van der Waals surface area contributed by atoms with Crippen LogP contribution in [0.1, 0.15) is 39.4 Å². The lowest BCUT2D eigenvalue weighted by Crippen LogP contribution is -2.39. The molecule has 7 heteroatoms. The van der Waals surface area contributed by atoms with Crippen molar-refractivity contribution in [3.63, 3.8) is 0 Å². The molecule has 2 heterocycles. The summed E-state index contributed by atoms with van der Waals surface area (Å²) < 4.78 is 1.65. The maximum absolute atomic E-state index is 12.4. The van der Waals surface area contributed by atoms with E-state index in [0.717, 1.165) is 69.0 Å². The molecule has 0 amide bonds. The Kier molecular flexibility index (Phi) is 8.97. The Balaban J connectivity index is 1.87. The number of anilines is 1. The molecule has 0 saturated heterocycles. The van der Waals surface area contributed by atoms with Gasteiger partial charge < -0.3 is 14.7 Å². The van der Waals surface area contributed by atoms with Gasteiger partial charge in [-0.2, -0.15) is 0 Å². The average Bonchev–Trinajstić information content (AvgIpc) is 3.24. The van der Waals surface area contributed by atoms with Gasteiger partial charge >= 0.3 is 0 Å². The zero-order valence-electron chi connectivity index (χ0n) is 20.8. The summed E-state index contributed by atoms with van der Waals surface area (Å²) in [4.78, 5) is 28.7. The molecule has 0 unspecified atom stereocenters. The van der Waals surface area contributed by atoms with Crippen LogP contribution < -0.4 is 4.90 Å². The largest absolute Gasteiger partial charge is 0.369 e. The Bertz CT molecular complexity index is 1000. The Morgan fingerprint density at radius 1 is 0.848 bits per heavy atom. The first-order valence-electron chi connectivity index (χ1n) is 12.2. The predicted octanol–water partition coefficient (Wildman–Crippen LogP) is 4.25. The van der Waals surface area contributed by atoms with Gasteiger partial charge in [0.2, 0.25) is 5.91 Å². The summed E-state index contributed by atoms with van der Waals surface area (Å²) in [6.45, 7) is 18.7. The molecule has 0 fully saturated rings. The summed E-state index contributed by atoms with van der Waals surface area (Å²) in [6, 6.07) is 10.3. The van der Waals surface area contributed by atoms with Gasteiger partial charge in [-0.05, 0) is 56.5 Å². The van der Waals surface area contributed by atoms with Crippen molar-refractivity contribution in [3.8, 4) is 11.4 Å². The summed E-state index contributed by atoms with van der Waals surface area (Å²) in [5.41, 5.74) is 3.64. The van der Waals surface area contributed by atoms with Crippen molar-refractivity contribution in [2.45, 2.75) is 34.6 Å². The van der Waals surface area contributed by atoms with E-state index in [2.05, 4.69) is 71.6 Å². The minimum absolute atomic E-state index is 0.0651. The highest BCUT2D eigenvalue weighted by Gasteiger charge is 2.17. The van der Waals surface area contributed by atoms with E-state index in [4.69, 9.17) is 4.98 Å². The fraction of sp³-hybridized carbons (Fsp3) is 0.500. The number of carbonyl (C=O) groups excluding carboxylic acids is 1. The number of hydrogen-bond donors (Lipinski definition) is 0. The predicted molar refractivity (Wildman–Crippen MR) is 137 cm³/mol. The molecule has 0 N–H and O–H groups in total. The third-order valence-corrected chi connectivity index (χ3v) is 6.42. The molecule has 1 aromatic carbocycles. The van der Waals surface area contributed by atoms with Crippen LogP contribution in [0.3, 0.4) is 0 Å². The Morgan fingerprint density at radius 3 is 1.94 bits per heavy atom. The van der Waals surface area contributed by atoms with Crippen LogP contribution in [0.25, 0.3) is 22.4 Å². The molecule has 178 valence electrons. The minimum atomic E-state index is -0.0651. The molecule has 33 heavy (non-hydrogen) atoms.